The fourth-order valence-corrected chi connectivity index (χ4v) is 3.50. The number of anilines is 1. The van der Waals surface area contributed by atoms with Crippen molar-refractivity contribution in [2.75, 3.05) is 31.6 Å². The van der Waals surface area contributed by atoms with Crippen molar-refractivity contribution >= 4 is 17.3 Å². The quantitative estimate of drug-likeness (QED) is 0.901. The molecule has 4 rings (SSSR count). The first-order valence-electron chi connectivity index (χ1n) is 8.02. The number of carbonyl (C=O) groups is 1. The van der Waals surface area contributed by atoms with Crippen molar-refractivity contribution in [2.24, 2.45) is 5.16 Å². The van der Waals surface area contributed by atoms with E-state index in [4.69, 9.17) is 9.57 Å². The molecule has 1 amide bonds. The second-order valence-corrected chi connectivity index (χ2v) is 6.42. The first kappa shape index (κ1) is 14.6. The third-order valence-electron chi connectivity index (χ3n) is 4.79. The zero-order chi connectivity index (χ0) is 15.7. The van der Waals surface area contributed by atoms with Crippen molar-refractivity contribution in [3.8, 4) is 0 Å². The Balaban J connectivity index is 1.36. The standard InChI is InChI=1S/C16H20N4O3/c21-15(18-12-2-1-5-17-9-12)14-8-16(23-19-14)4-6-20(11-16)13-3-7-22-10-13/h1-2,5,9,13H,3-4,6-8,10-11H2,(H,18,21)/t13-,16-/m1/s1. The van der Waals surface area contributed by atoms with Gasteiger partial charge in [0.25, 0.3) is 5.91 Å². The van der Waals surface area contributed by atoms with Gasteiger partial charge >= 0.3 is 0 Å². The zero-order valence-electron chi connectivity index (χ0n) is 12.9. The molecule has 1 N–H and O–H groups in total. The van der Waals surface area contributed by atoms with E-state index in [1.54, 1.807) is 24.5 Å². The molecule has 1 spiro atoms. The van der Waals surface area contributed by atoms with E-state index in [2.05, 4.69) is 20.4 Å². The summed E-state index contributed by atoms with van der Waals surface area (Å²) in [5.41, 5.74) is 0.778. The largest absolute Gasteiger partial charge is 0.387 e. The van der Waals surface area contributed by atoms with E-state index in [0.717, 1.165) is 39.1 Å². The summed E-state index contributed by atoms with van der Waals surface area (Å²) >= 11 is 0. The van der Waals surface area contributed by atoms with Gasteiger partial charge in [-0.3, -0.25) is 14.7 Å². The predicted octanol–water partition coefficient (Wildman–Crippen LogP) is 1.03. The number of ether oxygens (including phenoxy) is 1. The average Bonchev–Trinajstić information content (AvgIpc) is 3.30. The lowest BCUT2D eigenvalue weighted by Crippen LogP contribution is -2.39. The summed E-state index contributed by atoms with van der Waals surface area (Å²) in [7, 11) is 0. The molecule has 1 aromatic heterocycles. The molecular weight excluding hydrogens is 296 g/mol. The Morgan fingerprint density at radius 2 is 2.43 bits per heavy atom. The number of rotatable bonds is 3. The maximum atomic E-state index is 12.3. The molecule has 3 aliphatic rings. The predicted molar refractivity (Wildman–Crippen MR) is 84.1 cm³/mol. The number of hydrogen-bond acceptors (Lipinski definition) is 6. The summed E-state index contributed by atoms with van der Waals surface area (Å²) in [5.74, 6) is -0.211. The van der Waals surface area contributed by atoms with Crippen LogP contribution in [0.4, 0.5) is 5.69 Å². The lowest BCUT2D eigenvalue weighted by Gasteiger charge is -2.25. The van der Waals surface area contributed by atoms with E-state index < -0.39 is 0 Å². The van der Waals surface area contributed by atoms with Crippen LogP contribution in [0.5, 0.6) is 0 Å². The molecule has 3 aliphatic heterocycles. The summed E-state index contributed by atoms with van der Waals surface area (Å²) in [4.78, 5) is 24.4. The topological polar surface area (TPSA) is 76.0 Å². The van der Waals surface area contributed by atoms with Crippen LogP contribution in [-0.4, -0.2) is 59.4 Å². The number of aromatic nitrogens is 1. The van der Waals surface area contributed by atoms with Gasteiger partial charge in [-0.05, 0) is 18.6 Å². The number of carbonyl (C=O) groups excluding carboxylic acids is 1. The first-order chi connectivity index (χ1) is 11.2. The number of nitrogens with one attached hydrogen (secondary N) is 1. The number of pyridine rings is 1. The van der Waals surface area contributed by atoms with Gasteiger partial charge in [-0.1, -0.05) is 5.16 Å². The Labute approximate surface area is 134 Å². The van der Waals surface area contributed by atoms with Crippen LogP contribution in [0, 0.1) is 0 Å². The number of oxime groups is 1. The zero-order valence-corrected chi connectivity index (χ0v) is 12.9. The average molecular weight is 316 g/mol. The maximum absolute atomic E-state index is 12.3. The Kier molecular flexibility index (Phi) is 3.74. The lowest BCUT2D eigenvalue weighted by molar-refractivity contribution is -0.110. The summed E-state index contributed by atoms with van der Waals surface area (Å²) in [6.07, 6.45) is 5.81. The number of amides is 1. The molecule has 2 fully saturated rings. The van der Waals surface area contributed by atoms with Crippen LogP contribution in [0.1, 0.15) is 19.3 Å². The van der Waals surface area contributed by atoms with Crippen molar-refractivity contribution in [1.82, 2.24) is 9.88 Å². The number of nitrogens with zero attached hydrogens (tertiary/aromatic N) is 3. The van der Waals surface area contributed by atoms with Gasteiger partial charge in [0.15, 0.2) is 5.60 Å². The van der Waals surface area contributed by atoms with Crippen molar-refractivity contribution in [3.05, 3.63) is 24.5 Å². The molecule has 1 aromatic rings. The minimum atomic E-state index is -0.343. The highest BCUT2D eigenvalue weighted by Crippen LogP contribution is 2.35. The molecule has 23 heavy (non-hydrogen) atoms. The summed E-state index contributed by atoms with van der Waals surface area (Å²) in [6, 6.07) is 4.06. The van der Waals surface area contributed by atoms with Crippen LogP contribution in [0.2, 0.25) is 0 Å². The lowest BCUT2D eigenvalue weighted by atomic mass is 9.96. The fourth-order valence-electron chi connectivity index (χ4n) is 3.50. The van der Waals surface area contributed by atoms with Gasteiger partial charge in [0.2, 0.25) is 0 Å². The van der Waals surface area contributed by atoms with Gasteiger partial charge in [-0.15, -0.1) is 0 Å². The normalized spacial score (nSPS) is 30.4. The van der Waals surface area contributed by atoms with Crippen molar-refractivity contribution in [2.45, 2.75) is 30.9 Å². The Hall–Kier alpha value is -1.99. The van der Waals surface area contributed by atoms with Crippen LogP contribution in [0.15, 0.2) is 29.7 Å². The molecule has 2 saturated heterocycles. The number of hydrogen-bond donors (Lipinski definition) is 1. The summed E-state index contributed by atoms with van der Waals surface area (Å²) < 4.78 is 5.47. The third kappa shape index (κ3) is 2.94. The monoisotopic (exact) mass is 316 g/mol. The maximum Gasteiger partial charge on any atom is 0.273 e. The molecule has 0 aromatic carbocycles. The van der Waals surface area contributed by atoms with Gasteiger partial charge in [0, 0.05) is 44.8 Å². The highest BCUT2D eigenvalue weighted by atomic mass is 16.7. The Bertz CT molecular complexity index is 615. The SMILES string of the molecule is O=C(Nc1cccnc1)C1=NO[C@]2(CCN([C@@H]3CCOC3)C2)C1. The van der Waals surface area contributed by atoms with Crippen LogP contribution >= 0.6 is 0 Å². The molecule has 0 saturated carbocycles. The fraction of sp³-hybridized carbons (Fsp3) is 0.562. The highest BCUT2D eigenvalue weighted by Gasteiger charge is 2.48. The van der Waals surface area contributed by atoms with Crippen LogP contribution in [0.25, 0.3) is 0 Å². The molecule has 0 radical (unpaired) electrons. The van der Waals surface area contributed by atoms with Crippen LogP contribution in [0.3, 0.4) is 0 Å². The number of likely N-dealkylation sites (tertiary alicyclic amines) is 1. The smallest absolute Gasteiger partial charge is 0.273 e. The Morgan fingerprint density at radius 1 is 1.48 bits per heavy atom. The molecule has 0 bridgehead atoms. The minimum absolute atomic E-state index is 0.211. The first-order valence-corrected chi connectivity index (χ1v) is 8.02. The van der Waals surface area contributed by atoms with Gasteiger partial charge < -0.3 is 14.9 Å². The minimum Gasteiger partial charge on any atom is -0.387 e. The molecule has 2 atom stereocenters. The van der Waals surface area contributed by atoms with Gasteiger partial charge in [0.1, 0.15) is 5.71 Å². The highest BCUT2D eigenvalue weighted by molar-refractivity contribution is 6.43. The molecule has 7 nitrogen and oxygen atoms in total. The van der Waals surface area contributed by atoms with Gasteiger partial charge in [-0.2, -0.15) is 0 Å². The van der Waals surface area contributed by atoms with Crippen molar-refractivity contribution < 1.29 is 14.4 Å². The van der Waals surface area contributed by atoms with Crippen LogP contribution < -0.4 is 5.32 Å². The van der Waals surface area contributed by atoms with E-state index in [-0.39, 0.29) is 11.5 Å². The summed E-state index contributed by atoms with van der Waals surface area (Å²) in [5, 5.41) is 6.87. The third-order valence-corrected chi connectivity index (χ3v) is 4.79. The van der Waals surface area contributed by atoms with E-state index in [1.807, 2.05) is 0 Å². The molecule has 7 heteroatoms. The summed E-state index contributed by atoms with van der Waals surface area (Å²) in [6.45, 7) is 3.42. The van der Waals surface area contributed by atoms with E-state index in [0.29, 0.717) is 23.9 Å². The molecule has 4 heterocycles. The van der Waals surface area contributed by atoms with E-state index in [9.17, 15) is 4.79 Å². The molecule has 0 unspecified atom stereocenters. The van der Waals surface area contributed by atoms with Gasteiger partial charge in [0.05, 0.1) is 18.5 Å². The van der Waals surface area contributed by atoms with Gasteiger partial charge in [-0.25, -0.2) is 0 Å². The second-order valence-electron chi connectivity index (χ2n) is 6.42. The van der Waals surface area contributed by atoms with Crippen molar-refractivity contribution in [3.63, 3.8) is 0 Å². The molecular formula is C16H20N4O3. The van der Waals surface area contributed by atoms with Crippen LogP contribution in [-0.2, 0) is 14.4 Å². The Morgan fingerprint density at radius 3 is 3.22 bits per heavy atom. The van der Waals surface area contributed by atoms with E-state index >= 15 is 0 Å². The van der Waals surface area contributed by atoms with Crippen molar-refractivity contribution in [1.29, 1.82) is 0 Å². The molecule has 0 aliphatic carbocycles. The van der Waals surface area contributed by atoms with E-state index in [1.165, 1.54) is 0 Å². The second kappa shape index (κ2) is 5.90. The molecule has 122 valence electrons.